The Balaban J connectivity index is 1.21. The van der Waals surface area contributed by atoms with E-state index in [1.165, 1.54) is 5.56 Å². The van der Waals surface area contributed by atoms with E-state index in [2.05, 4.69) is 22.1 Å². The number of benzene rings is 2. The lowest BCUT2D eigenvalue weighted by atomic mass is 9.93. The van der Waals surface area contributed by atoms with Crippen LogP contribution in [0.25, 0.3) is 0 Å². The summed E-state index contributed by atoms with van der Waals surface area (Å²) in [7, 11) is 0. The molecule has 1 saturated heterocycles. The molecule has 0 saturated carbocycles. The van der Waals surface area contributed by atoms with Gasteiger partial charge in [0.2, 0.25) is 0 Å². The number of β-amino-alcohol motifs (C(OH)–C–C–N with tert-alkyl or cyclic N) is 1. The highest BCUT2D eigenvalue weighted by Crippen LogP contribution is 2.24. The van der Waals surface area contributed by atoms with Gasteiger partial charge in [-0.15, -0.1) is 0 Å². The van der Waals surface area contributed by atoms with Gasteiger partial charge in [-0.1, -0.05) is 30.3 Å². The molecule has 32 heavy (non-hydrogen) atoms. The Kier molecular flexibility index (Phi) is 7.45. The monoisotopic (exact) mass is 435 g/mol. The van der Waals surface area contributed by atoms with E-state index in [0.717, 1.165) is 56.1 Å². The van der Waals surface area contributed by atoms with Crippen LogP contribution in [0.4, 0.5) is 0 Å². The van der Waals surface area contributed by atoms with Crippen LogP contribution in [0.5, 0.6) is 11.5 Å². The Bertz CT molecular complexity index is 958. The lowest BCUT2D eigenvalue weighted by Crippen LogP contribution is -2.51. The van der Waals surface area contributed by atoms with Gasteiger partial charge in [0.15, 0.2) is 0 Å². The molecular formula is C26H33N3O3. The third-order valence-electron chi connectivity index (χ3n) is 5.79. The number of hydrogen-bond donors (Lipinski definition) is 1. The van der Waals surface area contributed by atoms with Crippen LogP contribution in [-0.2, 0) is 13.1 Å². The Morgan fingerprint density at radius 1 is 1.00 bits per heavy atom. The predicted molar refractivity (Wildman–Crippen MR) is 125 cm³/mol. The second-order valence-electron chi connectivity index (χ2n) is 8.71. The molecule has 6 nitrogen and oxygen atoms in total. The Morgan fingerprint density at radius 2 is 1.78 bits per heavy atom. The molecule has 0 spiro atoms. The molecule has 6 heteroatoms. The Labute approximate surface area is 190 Å². The summed E-state index contributed by atoms with van der Waals surface area (Å²) in [5.41, 5.74) is 1.44. The van der Waals surface area contributed by atoms with Crippen molar-refractivity contribution in [2.24, 2.45) is 0 Å². The Morgan fingerprint density at radius 3 is 2.53 bits per heavy atom. The van der Waals surface area contributed by atoms with Gasteiger partial charge in [0, 0.05) is 32.3 Å². The van der Waals surface area contributed by atoms with Crippen LogP contribution < -0.4 is 9.47 Å². The summed E-state index contributed by atoms with van der Waals surface area (Å²) in [6.45, 7) is 6.25. The summed E-state index contributed by atoms with van der Waals surface area (Å²) in [6, 6.07) is 20.0. The minimum absolute atomic E-state index is 0.318. The lowest BCUT2D eigenvalue weighted by molar-refractivity contribution is -0.0621. The van der Waals surface area contributed by atoms with E-state index in [1.54, 1.807) is 0 Å². The van der Waals surface area contributed by atoms with Crippen LogP contribution in [0.2, 0.25) is 0 Å². The van der Waals surface area contributed by atoms with Crippen molar-refractivity contribution < 1.29 is 14.6 Å². The first-order valence-corrected chi connectivity index (χ1v) is 11.4. The summed E-state index contributed by atoms with van der Waals surface area (Å²) in [6.07, 6.45) is 4.65. The summed E-state index contributed by atoms with van der Waals surface area (Å²) in [5, 5.41) is 15.4. The van der Waals surface area contributed by atoms with E-state index >= 15 is 0 Å². The van der Waals surface area contributed by atoms with Crippen LogP contribution >= 0.6 is 0 Å². The third kappa shape index (κ3) is 6.58. The van der Waals surface area contributed by atoms with E-state index < -0.39 is 5.60 Å². The molecule has 1 unspecified atom stereocenters. The summed E-state index contributed by atoms with van der Waals surface area (Å²) in [5.74, 6) is 1.69. The molecule has 2 aromatic carbocycles. The van der Waals surface area contributed by atoms with Gasteiger partial charge in [0.05, 0.1) is 12.3 Å². The molecule has 1 N–H and O–H groups in total. The number of rotatable bonds is 10. The number of hydrogen-bond acceptors (Lipinski definition) is 5. The standard InChI is InChI=1S/C26H33N3O3/c1-22-13-17-29(27-22)16-6-18-31-25-11-9-23(10-12-25)19-28-15-5-14-26(30,20-28)21-32-24-7-3-2-4-8-24/h2-4,7-13,17,30H,5-6,14-16,18-21H2,1H3. The molecule has 4 rings (SSSR count). The molecule has 0 aliphatic carbocycles. The quantitative estimate of drug-likeness (QED) is 0.487. The van der Waals surface area contributed by atoms with Crippen molar-refractivity contribution in [3.63, 3.8) is 0 Å². The maximum atomic E-state index is 11.0. The zero-order valence-corrected chi connectivity index (χ0v) is 18.8. The molecule has 2 heterocycles. The van der Waals surface area contributed by atoms with Crippen molar-refractivity contribution in [1.29, 1.82) is 0 Å². The smallest absolute Gasteiger partial charge is 0.119 e. The van der Waals surface area contributed by atoms with E-state index in [4.69, 9.17) is 9.47 Å². The minimum atomic E-state index is -0.815. The first-order chi connectivity index (χ1) is 15.6. The van der Waals surface area contributed by atoms with Crippen LogP contribution in [0.15, 0.2) is 66.9 Å². The predicted octanol–water partition coefficient (Wildman–Crippen LogP) is 4.07. The fourth-order valence-electron chi connectivity index (χ4n) is 4.15. The van der Waals surface area contributed by atoms with Crippen molar-refractivity contribution in [2.75, 3.05) is 26.3 Å². The minimum Gasteiger partial charge on any atom is -0.494 e. The molecule has 1 aromatic heterocycles. The molecule has 1 aliphatic rings. The number of likely N-dealkylation sites (tertiary alicyclic amines) is 1. The fourth-order valence-corrected chi connectivity index (χ4v) is 4.15. The van der Waals surface area contributed by atoms with Gasteiger partial charge >= 0.3 is 0 Å². The number of piperidine rings is 1. The Hall–Kier alpha value is -2.83. The zero-order valence-electron chi connectivity index (χ0n) is 18.8. The highest BCUT2D eigenvalue weighted by Gasteiger charge is 2.34. The lowest BCUT2D eigenvalue weighted by Gasteiger charge is -2.39. The number of ether oxygens (including phenoxy) is 2. The average molecular weight is 436 g/mol. The fraction of sp³-hybridized carbons (Fsp3) is 0.423. The number of aliphatic hydroxyl groups is 1. The largest absolute Gasteiger partial charge is 0.494 e. The SMILES string of the molecule is Cc1ccn(CCCOc2ccc(CN3CCCC(O)(COc4ccccc4)C3)cc2)n1. The first-order valence-electron chi connectivity index (χ1n) is 11.4. The third-order valence-corrected chi connectivity index (χ3v) is 5.79. The number of nitrogens with zero attached hydrogens (tertiary/aromatic N) is 3. The van der Waals surface area contributed by atoms with Gasteiger partial charge in [-0.25, -0.2) is 0 Å². The van der Waals surface area contributed by atoms with E-state index in [0.29, 0.717) is 19.8 Å². The van der Waals surface area contributed by atoms with Gasteiger partial charge < -0.3 is 14.6 Å². The highest BCUT2D eigenvalue weighted by atomic mass is 16.5. The van der Waals surface area contributed by atoms with Gasteiger partial charge in [-0.05, 0) is 62.2 Å². The van der Waals surface area contributed by atoms with Crippen LogP contribution in [0.3, 0.4) is 0 Å². The molecule has 1 aliphatic heterocycles. The van der Waals surface area contributed by atoms with Crippen LogP contribution in [0.1, 0.15) is 30.5 Å². The molecule has 1 fully saturated rings. The topological polar surface area (TPSA) is 59.8 Å². The van der Waals surface area contributed by atoms with Crippen molar-refractivity contribution >= 4 is 0 Å². The van der Waals surface area contributed by atoms with E-state index in [1.807, 2.05) is 66.3 Å². The van der Waals surface area contributed by atoms with Gasteiger partial charge in [0.25, 0.3) is 0 Å². The van der Waals surface area contributed by atoms with E-state index in [-0.39, 0.29) is 0 Å². The van der Waals surface area contributed by atoms with Crippen molar-refractivity contribution in [3.05, 3.63) is 78.1 Å². The summed E-state index contributed by atoms with van der Waals surface area (Å²) < 4.78 is 13.7. The highest BCUT2D eigenvalue weighted by molar-refractivity contribution is 5.27. The van der Waals surface area contributed by atoms with Crippen LogP contribution in [0, 0.1) is 6.92 Å². The van der Waals surface area contributed by atoms with Crippen molar-refractivity contribution in [2.45, 2.75) is 44.9 Å². The van der Waals surface area contributed by atoms with Gasteiger partial charge in [-0.2, -0.15) is 5.10 Å². The molecular weight excluding hydrogens is 402 g/mol. The van der Waals surface area contributed by atoms with Gasteiger partial charge in [0.1, 0.15) is 23.7 Å². The van der Waals surface area contributed by atoms with Crippen LogP contribution in [-0.4, -0.2) is 51.7 Å². The second-order valence-corrected chi connectivity index (χ2v) is 8.71. The van der Waals surface area contributed by atoms with Gasteiger partial charge in [-0.3, -0.25) is 9.58 Å². The maximum absolute atomic E-state index is 11.0. The first kappa shape index (κ1) is 22.4. The molecule has 0 radical (unpaired) electrons. The molecule has 170 valence electrons. The average Bonchev–Trinajstić information content (AvgIpc) is 3.22. The second kappa shape index (κ2) is 10.7. The summed E-state index contributed by atoms with van der Waals surface area (Å²) in [4.78, 5) is 2.31. The molecule has 3 aromatic rings. The molecule has 0 amide bonds. The number of para-hydroxylation sites is 1. The molecule has 0 bridgehead atoms. The zero-order chi connectivity index (χ0) is 22.2. The maximum Gasteiger partial charge on any atom is 0.119 e. The van der Waals surface area contributed by atoms with E-state index in [9.17, 15) is 5.11 Å². The van der Waals surface area contributed by atoms with Crippen molar-refractivity contribution in [3.8, 4) is 11.5 Å². The van der Waals surface area contributed by atoms with Crippen molar-refractivity contribution in [1.82, 2.24) is 14.7 Å². The number of aryl methyl sites for hydroxylation is 2. The molecule has 1 atom stereocenters. The normalized spacial score (nSPS) is 19.1. The number of aromatic nitrogens is 2. The summed E-state index contributed by atoms with van der Waals surface area (Å²) >= 11 is 0.